The molecule has 1 aliphatic rings. The zero-order chi connectivity index (χ0) is 15.0. The number of aromatic nitrogens is 1. The van der Waals surface area contributed by atoms with Gasteiger partial charge in [-0.2, -0.15) is 0 Å². The van der Waals surface area contributed by atoms with Gasteiger partial charge < -0.3 is 20.5 Å². The molecule has 0 bridgehead atoms. The molecule has 108 valence electrons. The number of nitrogen functional groups attached to an aromatic ring is 1. The van der Waals surface area contributed by atoms with Crippen molar-refractivity contribution in [2.45, 2.75) is 6.92 Å². The molecule has 2 heterocycles. The molecule has 21 heavy (non-hydrogen) atoms. The van der Waals surface area contributed by atoms with Crippen molar-refractivity contribution in [1.29, 1.82) is 0 Å². The lowest BCUT2D eigenvalue weighted by Crippen LogP contribution is -2.15. The summed E-state index contributed by atoms with van der Waals surface area (Å²) in [4.78, 5) is 16.4. The van der Waals surface area contributed by atoms with Gasteiger partial charge in [-0.1, -0.05) is 0 Å². The summed E-state index contributed by atoms with van der Waals surface area (Å²) >= 11 is 3.36. The molecule has 3 rings (SSSR count). The van der Waals surface area contributed by atoms with E-state index in [0.717, 1.165) is 10.0 Å². The minimum atomic E-state index is -0.347. The van der Waals surface area contributed by atoms with E-state index in [-0.39, 0.29) is 12.7 Å². The fraction of sp³-hybridized carbons (Fsp3) is 0.143. The van der Waals surface area contributed by atoms with Crippen LogP contribution in [0, 0.1) is 6.92 Å². The Morgan fingerprint density at radius 2 is 2.05 bits per heavy atom. The molecule has 6 nitrogen and oxygen atoms in total. The number of nitrogens with two attached hydrogens (primary N) is 1. The third-order valence-electron chi connectivity index (χ3n) is 3.08. The number of nitrogens with one attached hydrogen (secondary N) is 1. The van der Waals surface area contributed by atoms with Crippen LogP contribution in [0.3, 0.4) is 0 Å². The number of aryl methyl sites for hydroxylation is 1. The Balaban J connectivity index is 1.87. The highest BCUT2D eigenvalue weighted by Gasteiger charge is 2.20. The van der Waals surface area contributed by atoms with Gasteiger partial charge >= 0.3 is 0 Å². The summed E-state index contributed by atoms with van der Waals surface area (Å²) in [5.74, 6) is 1.16. The summed E-state index contributed by atoms with van der Waals surface area (Å²) in [7, 11) is 0. The van der Waals surface area contributed by atoms with Crippen molar-refractivity contribution in [2.75, 3.05) is 17.8 Å². The van der Waals surface area contributed by atoms with Gasteiger partial charge in [0.05, 0.1) is 5.56 Å². The van der Waals surface area contributed by atoms with Crippen LogP contribution in [0.4, 0.5) is 11.5 Å². The van der Waals surface area contributed by atoms with Crippen LogP contribution in [0.2, 0.25) is 0 Å². The Hall–Kier alpha value is -2.28. The first kappa shape index (κ1) is 13.7. The molecule has 0 fully saturated rings. The molecule has 0 aliphatic carbocycles. The lowest BCUT2D eigenvalue weighted by Gasteiger charge is -2.09. The highest BCUT2D eigenvalue weighted by Crippen LogP contribution is 2.36. The third kappa shape index (κ3) is 2.64. The Kier molecular flexibility index (Phi) is 3.42. The predicted octanol–water partition coefficient (Wildman–Crippen LogP) is 2.72. The van der Waals surface area contributed by atoms with Gasteiger partial charge in [0.15, 0.2) is 11.5 Å². The van der Waals surface area contributed by atoms with E-state index in [1.54, 1.807) is 24.4 Å². The van der Waals surface area contributed by atoms with E-state index in [4.69, 9.17) is 15.2 Å². The number of carbonyl (C=O) groups excluding carboxylic acids is 1. The van der Waals surface area contributed by atoms with Crippen LogP contribution in [0.1, 0.15) is 15.9 Å². The second-order valence-electron chi connectivity index (χ2n) is 4.57. The Morgan fingerprint density at radius 3 is 2.76 bits per heavy atom. The molecule has 1 aliphatic heterocycles. The van der Waals surface area contributed by atoms with Gasteiger partial charge in [-0.25, -0.2) is 4.98 Å². The number of benzene rings is 1. The Labute approximate surface area is 129 Å². The fourth-order valence-corrected chi connectivity index (χ4v) is 2.16. The zero-order valence-corrected chi connectivity index (χ0v) is 12.7. The average molecular weight is 350 g/mol. The van der Waals surface area contributed by atoms with Gasteiger partial charge in [-0.15, -0.1) is 0 Å². The summed E-state index contributed by atoms with van der Waals surface area (Å²) in [5, 5.41) is 2.71. The molecule has 3 N–H and O–H groups in total. The third-order valence-corrected chi connectivity index (χ3v) is 3.91. The number of nitrogens with zero attached hydrogens (tertiary/aromatic N) is 1. The number of fused-ring (bicyclic) bond motifs is 1. The first-order valence-electron chi connectivity index (χ1n) is 6.17. The van der Waals surface area contributed by atoms with Crippen LogP contribution in [0.25, 0.3) is 0 Å². The highest BCUT2D eigenvalue weighted by molar-refractivity contribution is 9.10. The molecule has 2 aromatic rings. The van der Waals surface area contributed by atoms with Gasteiger partial charge in [0.2, 0.25) is 6.79 Å². The normalized spacial score (nSPS) is 12.3. The number of halogens is 1. The number of amides is 1. The molecule has 0 unspecified atom stereocenters. The maximum absolute atomic E-state index is 12.3. The lowest BCUT2D eigenvalue weighted by molar-refractivity contribution is 0.102. The number of ether oxygens (including phenoxy) is 2. The molecular weight excluding hydrogens is 338 g/mol. The van der Waals surface area contributed by atoms with Crippen LogP contribution in [-0.4, -0.2) is 17.7 Å². The standard InChI is InChI=1S/C14H12BrN3O3/c1-7-2-13(17-5-9(7)15)18-14(19)8-3-11-12(4-10(8)16)21-6-20-11/h2-5H,6,16H2,1H3,(H,17,18,19). The maximum atomic E-state index is 12.3. The number of carbonyl (C=O) groups is 1. The monoisotopic (exact) mass is 349 g/mol. The van der Waals surface area contributed by atoms with E-state index in [1.807, 2.05) is 6.92 Å². The van der Waals surface area contributed by atoms with Gasteiger partial charge in [0, 0.05) is 22.4 Å². The van der Waals surface area contributed by atoms with Gasteiger partial charge in [0.1, 0.15) is 5.82 Å². The van der Waals surface area contributed by atoms with Gasteiger partial charge in [-0.05, 0) is 40.5 Å². The molecule has 0 radical (unpaired) electrons. The predicted molar refractivity (Wildman–Crippen MR) is 81.6 cm³/mol. The minimum Gasteiger partial charge on any atom is -0.454 e. The molecule has 7 heteroatoms. The highest BCUT2D eigenvalue weighted by atomic mass is 79.9. The number of hydrogen-bond donors (Lipinski definition) is 2. The molecule has 0 saturated heterocycles. The van der Waals surface area contributed by atoms with Gasteiger partial charge in [0.25, 0.3) is 5.91 Å². The number of pyridine rings is 1. The molecular formula is C14H12BrN3O3. The summed E-state index contributed by atoms with van der Waals surface area (Å²) in [6.45, 7) is 2.05. The van der Waals surface area contributed by atoms with Crippen LogP contribution in [-0.2, 0) is 0 Å². The second kappa shape index (κ2) is 5.25. The van der Waals surface area contributed by atoms with Crippen LogP contribution < -0.4 is 20.5 Å². The number of rotatable bonds is 2. The molecule has 0 atom stereocenters. The Bertz CT molecular complexity index is 734. The first-order chi connectivity index (χ1) is 10.0. The first-order valence-corrected chi connectivity index (χ1v) is 6.96. The molecule has 1 aromatic heterocycles. The summed E-state index contributed by atoms with van der Waals surface area (Å²) < 4.78 is 11.3. The summed E-state index contributed by atoms with van der Waals surface area (Å²) in [5.41, 5.74) is 7.49. The van der Waals surface area contributed by atoms with Crippen LogP contribution in [0.15, 0.2) is 28.9 Å². The van der Waals surface area contributed by atoms with Gasteiger partial charge in [-0.3, -0.25) is 4.79 Å². The molecule has 0 spiro atoms. The van der Waals surface area contributed by atoms with Crippen molar-refractivity contribution in [3.63, 3.8) is 0 Å². The van der Waals surface area contributed by atoms with E-state index < -0.39 is 0 Å². The van der Waals surface area contributed by atoms with Crippen molar-refractivity contribution in [1.82, 2.24) is 4.98 Å². The zero-order valence-electron chi connectivity index (χ0n) is 11.1. The molecule has 1 aromatic carbocycles. The van der Waals surface area contributed by atoms with E-state index in [9.17, 15) is 4.79 Å². The smallest absolute Gasteiger partial charge is 0.259 e. The average Bonchev–Trinajstić information content (AvgIpc) is 2.89. The van der Waals surface area contributed by atoms with Crippen molar-refractivity contribution in [2.24, 2.45) is 0 Å². The van der Waals surface area contributed by atoms with Crippen molar-refractivity contribution < 1.29 is 14.3 Å². The van der Waals surface area contributed by atoms with Crippen molar-refractivity contribution in [3.05, 3.63) is 40.0 Å². The number of hydrogen-bond acceptors (Lipinski definition) is 5. The second-order valence-corrected chi connectivity index (χ2v) is 5.42. The lowest BCUT2D eigenvalue weighted by atomic mass is 10.1. The topological polar surface area (TPSA) is 86.5 Å². The van der Waals surface area contributed by atoms with E-state index in [1.165, 1.54) is 0 Å². The quantitative estimate of drug-likeness (QED) is 0.814. The molecule has 0 saturated carbocycles. The van der Waals surface area contributed by atoms with E-state index in [0.29, 0.717) is 28.6 Å². The minimum absolute atomic E-state index is 0.132. The SMILES string of the molecule is Cc1cc(NC(=O)c2cc3c(cc2N)OCO3)ncc1Br. The number of anilines is 2. The summed E-state index contributed by atoms with van der Waals surface area (Å²) in [6, 6.07) is 4.92. The maximum Gasteiger partial charge on any atom is 0.259 e. The fourth-order valence-electron chi connectivity index (χ4n) is 1.95. The van der Waals surface area contributed by atoms with E-state index in [2.05, 4.69) is 26.2 Å². The van der Waals surface area contributed by atoms with Crippen molar-refractivity contribution >= 4 is 33.3 Å². The van der Waals surface area contributed by atoms with E-state index >= 15 is 0 Å². The summed E-state index contributed by atoms with van der Waals surface area (Å²) in [6.07, 6.45) is 1.63. The van der Waals surface area contributed by atoms with Crippen LogP contribution in [0.5, 0.6) is 11.5 Å². The van der Waals surface area contributed by atoms with Crippen LogP contribution >= 0.6 is 15.9 Å². The molecule has 1 amide bonds. The Morgan fingerprint density at radius 1 is 1.33 bits per heavy atom. The largest absolute Gasteiger partial charge is 0.454 e. The van der Waals surface area contributed by atoms with Crippen molar-refractivity contribution in [3.8, 4) is 11.5 Å².